The van der Waals surface area contributed by atoms with Gasteiger partial charge >= 0.3 is 12.2 Å². The number of ether oxygens (including phenoxy) is 2. The lowest BCUT2D eigenvalue weighted by molar-refractivity contribution is -0.118. The van der Waals surface area contributed by atoms with E-state index in [-0.39, 0.29) is 35.3 Å². The van der Waals surface area contributed by atoms with Gasteiger partial charge in [0.2, 0.25) is 5.91 Å². The van der Waals surface area contributed by atoms with Crippen LogP contribution >= 0.6 is 0 Å². The SMILES string of the molecule is CC(C)(C)OC(=O)N[C@H](C(=O)Nc1cccc(F)c1CC[C@H]1CN(C(=O)OC(C)(C)C)CC2(CC2)N1)C(c1ccc(F)cc1)c1ccc(F)cc1. The van der Waals surface area contributed by atoms with Crippen LogP contribution in [0.15, 0.2) is 66.7 Å². The van der Waals surface area contributed by atoms with Gasteiger partial charge in [-0.2, -0.15) is 0 Å². The number of amides is 3. The van der Waals surface area contributed by atoms with E-state index < -0.39 is 52.6 Å². The Balaban J connectivity index is 1.42. The summed E-state index contributed by atoms with van der Waals surface area (Å²) in [6.07, 6.45) is 1.24. The number of halogens is 3. The van der Waals surface area contributed by atoms with Crippen LogP contribution in [-0.4, -0.2) is 64.9 Å². The van der Waals surface area contributed by atoms with Gasteiger partial charge in [0.25, 0.3) is 0 Å². The number of hydrogen-bond donors (Lipinski definition) is 3. The van der Waals surface area contributed by atoms with Crippen LogP contribution in [0, 0.1) is 17.5 Å². The van der Waals surface area contributed by atoms with Gasteiger partial charge in [-0.25, -0.2) is 22.8 Å². The van der Waals surface area contributed by atoms with E-state index in [2.05, 4.69) is 16.0 Å². The van der Waals surface area contributed by atoms with E-state index in [1.807, 2.05) is 20.8 Å². The Bertz CT molecular complexity index is 1670. The Morgan fingerprint density at radius 1 is 0.863 bits per heavy atom. The van der Waals surface area contributed by atoms with Crippen LogP contribution in [0.1, 0.15) is 83.4 Å². The van der Waals surface area contributed by atoms with E-state index in [1.54, 1.807) is 31.7 Å². The van der Waals surface area contributed by atoms with Crippen LogP contribution in [0.2, 0.25) is 0 Å². The van der Waals surface area contributed by atoms with Gasteiger partial charge in [-0.1, -0.05) is 30.3 Å². The molecule has 5 rings (SSSR count). The van der Waals surface area contributed by atoms with Gasteiger partial charge in [0, 0.05) is 41.8 Å². The first-order valence-electron chi connectivity index (χ1n) is 17.2. The van der Waals surface area contributed by atoms with Crippen molar-refractivity contribution in [1.82, 2.24) is 15.5 Å². The smallest absolute Gasteiger partial charge is 0.410 e. The summed E-state index contributed by atoms with van der Waals surface area (Å²) in [6.45, 7) is 11.4. The zero-order valence-electron chi connectivity index (χ0n) is 29.9. The van der Waals surface area contributed by atoms with E-state index in [1.165, 1.54) is 60.7 Å². The fraction of sp³-hybridized carbons (Fsp3) is 0.462. The minimum absolute atomic E-state index is 0.153. The lowest BCUT2D eigenvalue weighted by atomic mass is 9.84. The number of rotatable bonds is 9. The van der Waals surface area contributed by atoms with E-state index >= 15 is 4.39 Å². The van der Waals surface area contributed by atoms with Gasteiger partial charge in [-0.3, -0.25) is 4.79 Å². The van der Waals surface area contributed by atoms with Crippen molar-refractivity contribution in [2.45, 2.75) is 102 Å². The molecule has 1 saturated carbocycles. The molecule has 1 heterocycles. The van der Waals surface area contributed by atoms with E-state index in [0.29, 0.717) is 30.6 Å². The Hall–Kier alpha value is -4.58. The topological polar surface area (TPSA) is 109 Å². The second-order valence-electron chi connectivity index (χ2n) is 15.5. The average molecular weight is 709 g/mol. The molecule has 2 fully saturated rings. The minimum Gasteiger partial charge on any atom is -0.444 e. The first-order valence-corrected chi connectivity index (χ1v) is 17.2. The Morgan fingerprint density at radius 2 is 1.43 bits per heavy atom. The first kappa shape index (κ1) is 37.7. The van der Waals surface area contributed by atoms with Crippen LogP contribution in [0.4, 0.5) is 28.4 Å². The summed E-state index contributed by atoms with van der Waals surface area (Å²) in [5.74, 6) is -3.15. The van der Waals surface area contributed by atoms with Crippen molar-refractivity contribution in [3.8, 4) is 0 Å². The molecule has 0 bridgehead atoms. The zero-order chi connectivity index (χ0) is 37.1. The monoisotopic (exact) mass is 708 g/mol. The van der Waals surface area contributed by atoms with Crippen molar-refractivity contribution in [2.75, 3.05) is 18.4 Å². The number of alkyl carbamates (subject to hydrolysis) is 1. The highest BCUT2D eigenvalue weighted by atomic mass is 19.1. The minimum atomic E-state index is -1.36. The predicted octanol–water partition coefficient (Wildman–Crippen LogP) is 7.44. The fourth-order valence-electron chi connectivity index (χ4n) is 6.41. The van der Waals surface area contributed by atoms with Crippen LogP contribution < -0.4 is 16.0 Å². The van der Waals surface area contributed by atoms with Crippen molar-refractivity contribution in [1.29, 1.82) is 0 Å². The molecule has 0 aromatic heterocycles. The van der Waals surface area contributed by atoms with Crippen molar-refractivity contribution in [3.63, 3.8) is 0 Å². The standard InChI is InChI=1S/C39H47F3N4O5/c1-37(2,3)50-35(48)44-33(32(24-10-14-26(40)15-11-24)25-12-16-27(41)17-13-25)34(47)43-31-9-7-8-30(42)29(31)19-18-28-22-46(23-39(45-28)20-21-39)36(49)51-38(4,5)6/h7-17,28,32-33,45H,18-23H2,1-6H3,(H,43,47)(H,44,48)/t28-,33-/m0/s1. The number of nitrogens with zero attached hydrogens (tertiary/aromatic N) is 1. The molecule has 9 nitrogen and oxygen atoms in total. The maximum absolute atomic E-state index is 15.6. The molecule has 3 aromatic carbocycles. The summed E-state index contributed by atoms with van der Waals surface area (Å²) in [6, 6.07) is 13.7. The van der Waals surface area contributed by atoms with Crippen molar-refractivity contribution in [2.24, 2.45) is 0 Å². The van der Waals surface area contributed by atoms with Crippen LogP contribution in [-0.2, 0) is 20.7 Å². The molecular weight excluding hydrogens is 661 g/mol. The van der Waals surface area contributed by atoms with Crippen LogP contribution in [0.3, 0.4) is 0 Å². The predicted molar refractivity (Wildman–Crippen MR) is 188 cm³/mol. The third kappa shape index (κ3) is 10.2. The average Bonchev–Trinajstić information content (AvgIpc) is 3.77. The molecule has 1 aliphatic carbocycles. The Labute approximate surface area is 297 Å². The first-order chi connectivity index (χ1) is 23.9. The lowest BCUT2D eigenvalue weighted by Gasteiger charge is -2.40. The number of benzene rings is 3. The Kier molecular flexibility index (Phi) is 11.0. The van der Waals surface area contributed by atoms with Crippen LogP contribution in [0.5, 0.6) is 0 Å². The third-order valence-electron chi connectivity index (χ3n) is 8.82. The van der Waals surface area contributed by atoms with E-state index in [9.17, 15) is 23.2 Å². The highest BCUT2D eigenvalue weighted by Gasteiger charge is 2.49. The fourth-order valence-corrected chi connectivity index (χ4v) is 6.41. The second-order valence-corrected chi connectivity index (χ2v) is 15.5. The lowest BCUT2D eigenvalue weighted by Crippen LogP contribution is -2.60. The normalized spacial score (nSPS) is 17.5. The molecule has 2 atom stereocenters. The molecule has 3 N–H and O–H groups in total. The van der Waals surface area contributed by atoms with E-state index in [4.69, 9.17) is 9.47 Å². The quantitative estimate of drug-likeness (QED) is 0.213. The van der Waals surface area contributed by atoms with Crippen molar-refractivity contribution >= 4 is 23.8 Å². The summed E-state index contributed by atoms with van der Waals surface area (Å²) in [5, 5.41) is 9.15. The highest BCUT2D eigenvalue weighted by molar-refractivity contribution is 5.98. The molecule has 12 heteroatoms. The number of anilines is 1. The molecule has 0 radical (unpaired) electrons. The molecule has 3 amide bonds. The zero-order valence-corrected chi connectivity index (χ0v) is 29.9. The molecule has 274 valence electrons. The molecule has 51 heavy (non-hydrogen) atoms. The molecule has 0 unspecified atom stereocenters. The molecular formula is C39H47F3N4O5. The number of carbonyl (C=O) groups is 3. The summed E-state index contributed by atoms with van der Waals surface area (Å²) in [7, 11) is 0. The molecule has 1 spiro atoms. The van der Waals surface area contributed by atoms with Gasteiger partial charge in [-0.15, -0.1) is 0 Å². The van der Waals surface area contributed by atoms with Gasteiger partial charge in [0.1, 0.15) is 34.7 Å². The number of hydrogen-bond acceptors (Lipinski definition) is 6. The number of carbonyl (C=O) groups excluding carboxylic acids is 3. The number of piperazine rings is 1. The largest absolute Gasteiger partial charge is 0.444 e. The maximum atomic E-state index is 15.6. The molecule has 3 aromatic rings. The highest BCUT2D eigenvalue weighted by Crippen LogP contribution is 2.40. The van der Waals surface area contributed by atoms with Crippen molar-refractivity contribution < 1.29 is 37.0 Å². The Morgan fingerprint density at radius 3 is 1.96 bits per heavy atom. The molecule has 1 saturated heterocycles. The number of nitrogens with one attached hydrogen (secondary N) is 3. The molecule has 2 aliphatic rings. The summed E-state index contributed by atoms with van der Waals surface area (Å²) >= 11 is 0. The van der Waals surface area contributed by atoms with Crippen LogP contribution in [0.25, 0.3) is 0 Å². The summed E-state index contributed by atoms with van der Waals surface area (Å²) < 4.78 is 54.7. The van der Waals surface area contributed by atoms with Gasteiger partial charge in [0.15, 0.2) is 0 Å². The van der Waals surface area contributed by atoms with Gasteiger partial charge < -0.3 is 30.3 Å². The van der Waals surface area contributed by atoms with Gasteiger partial charge in [-0.05, 0) is 115 Å². The van der Waals surface area contributed by atoms with E-state index in [0.717, 1.165) is 12.8 Å². The molecule has 1 aliphatic heterocycles. The second kappa shape index (κ2) is 15.0. The summed E-state index contributed by atoms with van der Waals surface area (Å²) in [4.78, 5) is 42.2. The third-order valence-corrected chi connectivity index (χ3v) is 8.82. The van der Waals surface area contributed by atoms with Gasteiger partial charge in [0.05, 0.1) is 0 Å². The maximum Gasteiger partial charge on any atom is 0.410 e. The summed E-state index contributed by atoms with van der Waals surface area (Å²) in [5.41, 5.74) is -0.347. The van der Waals surface area contributed by atoms with Crippen molar-refractivity contribution in [3.05, 3.63) is 101 Å².